The monoisotopic (exact) mass is 274 g/mol. The van der Waals surface area contributed by atoms with Crippen LogP contribution in [0.1, 0.15) is 36.8 Å². The summed E-state index contributed by atoms with van der Waals surface area (Å²) in [6.45, 7) is 2.63. The molecular weight excluding hydrogens is 252 g/mol. The predicted molar refractivity (Wildman–Crippen MR) is 77.1 cm³/mol. The number of carbonyl (C=O) groups is 1. The Kier molecular flexibility index (Phi) is 3.52. The number of aliphatic carboxylic acids is 1. The largest absolute Gasteiger partial charge is 0.480 e. The predicted octanol–water partition coefficient (Wildman–Crippen LogP) is 1.97. The molecule has 2 atom stereocenters. The average molecular weight is 274 g/mol. The molecule has 1 aromatic rings. The lowest BCUT2D eigenvalue weighted by molar-refractivity contribution is -0.147. The fourth-order valence-corrected chi connectivity index (χ4v) is 3.65. The molecule has 3 N–H and O–H groups in total. The van der Waals surface area contributed by atoms with Crippen LogP contribution in [0.25, 0.3) is 0 Å². The molecule has 1 heterocycles. The van der Waals surface area contributed by atoms with Gasteiger partial charge in [-0.15, -0.1) is 0 Å². The van der Waals surface area contributed by atoms with Crippen molar-refractivity contribution in [1.82, 2.24) is 4.90 Å². The van der Waals surface area contributed by atoms with Crippen LogP contribution in [0.2, 0.25) is 0 Å². The highest BCUT2D eigenvalue weighted by Gasteiger charge is 2.44. The molecule has 1 aliphatic heterocycles. The van der Waals surface area contributed by atoms with E-state index in [1.54, 1.807) is 0 Å². The van der Waals surface area contributed by atoms with Crippen molar-refractivity contribution in [2.45, 2.75) is 44.3 Å². The second-order valence-corrected chi connectivity index (χ2v) is 6.23. The summed E-state index contributed by atoms with van der Waals surface area (Å²) in [5, 5.41) is 9.47. The summed E-state index contributed by atoms with van der Waals surface area (Å²) in [5.74, 6) is -0.776. The van der Waals surface area contributed by atoms with Gasteiger partial charge in [-0.1, -0.05) is 37.1 Å². The molecule has 108 valence electrons. The molecule has 0 bridgehead atoms. The molecule has 3 rings (SSSR count). The first-order valence-corrected chi connectivity index (χ1v) is 7.41. The van der Waals surface area contributed by atoms with E-state index in [1.165, 1.54) is 11.1 Å². The molecule has 0 aromatic heterocycles. The van der Waals surface area contributed by atoms with Crippen molar-refractivity contribution in [2.75, 3.05) is 6.54 Å². The number of carboxylic acids is 1. The van der Waals surface area contributed by atoms with E-state index in [0.29, 0.717) is 6.42 Å². The number of carboxylic acid groups (broad SMARTS) is 1. The van der Waals surface area contributed by atoms with E-state index in [1.807, 2.05) is 0 Å². The number of nitrogens with two attached hydrogens (primary N) is 1. The lowest BCUT2D eigenvalue weighted by Crippen LogP contribution is -2.58. The highest BCUT2D eigenvalue weighted by molar-refractivity contribution is 5.79. The Morgan fingerprint density at radius 1 is 1.30 bits per heavy atom. The number of hydrogen-bond donors (Lipinski definition) is 2. The smallest absolute Gasteiger partial charge is 0.324 e. The fourth-order valence-electron chi connectivity index (χ4n) is 3.65. The zero-order valence-electron chi connectivity index (χ0n) is 11.7. The maximum atomic E-state index is 11.5. The van der Waals surface area contributed by atoms with Gasteiger partial charge in [-0.05, 0) is 24.0 Å². The van der Waals surface area contributed by atoms with E-state index in [-0.39, 0.29) is 5.92 Å². The standard InChI is InChI=1S/C16H22N2O2/c17-16(15(19)20)8-4-3-7-14(16)11-18-9-12-5-1-2-6-13(12)10-18/h1-2,5-6,14H,3-4,7-11,17H2,(H,19,20)/t14-,16+/m0/s1. The summed E-state index contributed by atoms with van der Waals surface area (Å²) < 4.78 is 0. The van der Waals surface area contributed by atoms with Gasteiger partial charge in [0, 0.05) is 25.6 Å². The van der Waals surface area contributed by atoms with Crippen molar-refractivity contribution in [3.05, 3.63) is 35.4 Å². The maximum absolute atomic E-state index is 11.5. The molecule has 0 saturated heterocycles. The van der Waals surface area contributed by atoms with Crippen LogP contribution >= 0.6 is 0 Å². The van der Waals surface area contributed by atoms with Crippen molar-refractivity contribution >= 4 is 5.97 Å². The van der Waals surface area contributed by atoms with Crippen molar-refractivity contribution in [1.29, 1.82) is 0 Å². The second-order valence-electron chi connectivity index (χ2n) is 6.23. The van der Waals surface area contributed by atoms with Crippen molar-refractivity contribution < 1.29 is 9.90 Å². The minimum absolute atomic E-state index is 0.0584. The third-order valence-corrected chi connectivity index (χ3v) is 4.90. The third-order valence-electron chi connectivity index (χ3n) is 4.90. The number of fused-ring (bicyclic) bond motifs is 1. The van der Waals surface area contributed by atoms with Gasteiger partial charge in [-0.25, -0.2) is 0 Å². The van der Waals surface area contributed by atoms with Gasteiger partial charge in [0.15, 0.2) is 0 Å². The first-order chi connectivity index (χ1) is 9.59. The van der Waals surface area contributed by atoms with Gasteiger partial charge >= 0.3 is 5.97 Å². The zero-order valence-corrected chi connectivity index (χ0v) is 11.7. The summed E-state index contributed by atoms with van der Waals surface area (Å²) in [6, 6.07) is 8.44. The molecule has 0 radical (unpaired) electrons. The molecule has 4 nitrogen and oxygen atoms in total. The molecule has 4 heteroatoms. The Hall–Kier alpha value is -1.39. The maximum Gasteiger partial charge on any atom is 0.324 e. The van der Waals surface area contributed by atoms with Crippen LogP contribution in [-0.4, -0.2) is 28.1 Å². The molecule has 0 unspecified atom stereocenters. The van der Waals surface area contributed by atoms with Crippen molar-refractivity contribution in [3.8, 4) is 0 Å². The Morgan fingerprint density at radius 3 is 2.55 bits per heavy atom. The molecular formula is C16H22N2O2. The Labute approximate surface area is 119 Å². The third kappa shape index (κ3) is 2.34. The molecule has 2 aliphatic rings. The minimum Gasteiger partial charge on any atom is -0.480 e. The molecule has 1 fully saturated rings. The SMILES string of the molecule is N[C@]1(C(=O)O)CCCC[C@H]1CN1Cc2ccccc2C1. The number of benzene rings is 1. The van der Waals surface area contributed by atoms with Crippen LogP contribution in [-0.2, 0) is 17.9 Å². The van der Waals surface area contributed by atoms with Gasteiger partial charge < -0.3 is 10.8 Å². The van der Waals surface area contributed by atoms with Crippen LogP contribution in [0.4, 0.5) is 0 Å². The van der Waals surface area contributed by atoms with Crippen LogP contribution in [0.5, 0.6) is 0 Å². The van der Waals surface area contributed by atoms with Gasteiger partial charge in [-0.2, -0.15) is 0 Å². The molecule has 0 spiro atoms. The van der Waals surface area contributed by atoms with Crippen LogP contribution in [0.15, 0.2) is 24.3 Å². The van der Waals surface area contributed by atoms with Gasteiger partial charge in [0.05, 0.1) is 0 Å². The molecule has 20 heavy (non-hydrogen) atoms. The first kappa shape index (κ1) is 13.6. The zero-order chi connectivity index (χ0) is 14.2. The summed E-state index contributed by atoms with van der Waals surface area (Å²) in [5.41, 5.74) is 7.89. The van der Waals surface area contributed by atoms with E-state index < -0.39 is 11.5 Å². The van der Waals surface area contributed by atoms with Crippen LogP contribution < -0.4 is 5.73 Å². The van der Waals surface area contributed by atoms with Crippen molar-refractivity contribution in [3.63, 3.8) is 0 Å². The van der Waals surface area contributed by atoms with E-state index in [0.717, 1.165) is 38.9 Å². The number of rotatable bonds is 3. The van der Waals surface area contributed by atoms with E-state index >= 15 is 0 Å². The van der Waals surface area contributed by atoms with Crippen molar-refractivity contribution in [2.24, 2.45) is 11.7 Å². The minimum atomic E-state index is -1.03. The Balaban J connectivity index is 1.70. The number of hydrogen-bond acceptors (Lipinski definition) is 3. The van der Waals surface area contributed by atoms with E-state index in [9.17, 15) is 9.90 Å². The molecule has 1 saturated carbocycles. The molecule has 0 amide bonds. The normalized spacial score (nSPS) is 30.1. The summed E-state index contributed by atoms with van der Waals surface area (Å²) >= 11 is 0. The summed E-state index contributed by atoms with van der Waals surface area (Å²) in [4.78, 5) is 13.9. The first-order valence-electron chi connectivity index (χ1n) is 7.41. The van der Waals surface area contributed by atoms with Crippen LogP contribution in [0, 0.1) is 5.92 Å². The van der Waals surface area contributed by atoms with Gasteiger partial charge in [0.1, 0.15) is 5.54 Å². The summed E-state index contributed by atoms with van der Waals surface area (Å²) in [6.07, 6.45) is 3.56. The van der Waals surface area contributed by atoms with Gasteiger partial charge in [0.25, 0.3) is 0 Å². The Morgan fingerprint density at radius 2 is 1.95 bits per heavy atom. The Bertz CT molecular complexity index is 492. The summed E-state index contributed by atoms with van der Waals surface area (Å²) in [7, 11) is 0. The highest BCUT2D eigenvalue weighted by atomic mass is 16.4. The lowest BCUT2D eigenvalue weighted by Gasteiger charge is -2.39. The fraction of sp³-hybridized carbons (Fsp3) is 0.562. The molecule has 1 aromatic carbocycles. The van der Waals surface area contributed by atoms with Gasteiger partial charge in [0.2, 0.25) is 0 Å². The highest BCUT2D eigenvalue weighted by Crippen LogP contribution is 2.34. The van der Waals surface area contributed by atoms with E-state index in [4.69, 9.17) is 5.73 Å². The topological polar surface area (TPSA) is 66.6 Å². The van der Waals surface area contributed by atoms with Crippen LogP contribution in [0.3, 0.4) is 0 Å². The number of nitrogens with zero attached hydrogens (tertiary/aromatic N) is 1. The van der Waals surface area contributed by atoms with E-state index in [2.05, 4.69) is 29.2 Å². The quantitative estimate of drug-likeness (QED) is 0.884. The second kappa shape index (κ2) is 5.19. The molecule has 1 aliphatic carbocycles. The average Bonchev–Trinajstić information content (AvgIpc) is 2.83. The lowest BCUT2D eigenvalue weighted by atomic mass is 9.73. The van der Waals surface area contributed by atoms with Gasteiger partial charge in [-0.3, -0.25) is 9.69 Å².